The zero-order valence-electron chi connectivity index (χ0n) is 11.8. The minimum atomic E-state index is -0.443. The summed E-state index contributed by atoms with van der Waals surface area (Å²) >= 11 is 0. The monoisotopic (exact) mass is 290 g/mol. The summed E-state index contributed by atoms with van der Waals surface area (Å²) in [5.41, 5.74) is 3.47. The normalized spacial score (nSPS) is 10.8. The van der Waals surface area contributed by atoms with Gasteiger partial charge in [0.25, 0.3) is 5.69 Å². The molecule has 0 unspecified atom stereocenters. The third-order valence-electron chi connectivity index (χ3n) is 3.23. The van der Waals surface area contributed by atoms with Gasteiger partial charge in [0.2, 0.25) is 0 Å². The molecule has 0 spiro atoms. The number of anilines is 1. The van der Waals surface area contributed by atoms with Crippen molar-refractivity contribution in [1.82, 2.24) is 4.90 Å². The van der Waals surface area contributed by atoms with Crippen LogP contribution in [0.5, 0.6) is 0 Å². The lowest BCUT2D eigenvalue weighted by Gasteiger charge is -2.19. The van der Waals surface area contributed by atoms with E-state index in [4.69, 9.17) is 10.3 Å². The first kappa shape index (κ1) is 15.0. The molecular weight excluding hydrogens is 272 g/mol. The number of rotatable bonds is 7. The molecule has 2 rings (SSSR count). The molecule has 1 heterocycles. The molecule has 0 saturated carbocycles. The van der Waals surface area contributed by atoms with Gasteiger partial charge < -0.3 is 9.84 Å². The van der Waals surface area contributed by atoms with Crippen LogP contribution in [0.3, 0.4) is 0 Å². The van der Waals surface area contributed by atoms with Crippen LogP contribution in [-0.2, 0) is 13.1 Å². The molecule has 0 radical (unpaired) electrons. The Morgan fingerprint density at radius 1 is 1.38 bits per heavy atom. The Hall–Kier alpha value is -2.38. The van der Waals surface area contributed by atoms with Crippen molar-refractivity contribution in [2.45, 2.75) is 20.0 Å². The van der Waals surface area contributed by atoms with Crippen molar-refractivity contribution in [3.63, 3.8) is 0 Å². The van der Waals surface area contributed by atoms with Crippen LogP contribution in [0.4, 0.5) is 11.4 Å². The summed E-state index contributed by atoms with van der Waals surface area (Å²) in [4.78, 5) is 12.7. The molecule has 2 aromatic rings. The topological polar surface area (TPSA) is 97.6 Å². The molecule has 0 aliphatic carbocycles. The van der Waals surface area contributed by atoms with Crippen LogP contribution in [0.1, 0.15) is 18.2 Å². The van der Waals surface area contributed by atoms with Crippen molar-refractivity contribution in [3.05, 3.63) is 58.0 Å². The summed E-state index contributed by atoms with van der Waals surface area (Å²) < 4.78 is 5.33. The summed E-state index contributed by atoms with van der Waals surface area (Å²) in [6, 6.07) is 8.74. The minimum absolute atomic E-state index is 0.0240. The minimum Gasteiger partial charge on any atom is -0.468 e. The second kappa shape index (κ2) is 6.87. The Morgan fingerprint density at radius 2 is 2.19 bits per heavy atom. The summed E-state index contributed by atoms with van der Waals surface area (Å²) in [7, 11) is 0. The number of nitrogens with zero attached hydrogens (tertiary/aromatic N) is 2. The molecule has 0 amide bonds. The van der Waals surface area contributed by atoms with Gasteiger partial charge in [-0.15, -0.1) is 0 Å². The lowest BCUT2D eigenvalue weighted by Crippen LogP contribution is -2.22. The second-order valence-electron chi connectivity index (χ2n) is 4.64. The highest BCUT2D eigenvalue weighted by atomic mass is 16.6. The van der Waals surface area contributed by atoms with Gasteiger partial charge in [-0.1, -0.05) is 13.0 Å². The van der Waals surface area contributed by atoms with Crippen LogP contribution >= 0.6 is 0 Å². The Balaban J connectivity index is 2.13. The average Bonchev–Trinajstić information content (AvgIpc) is 2.99. The van der Waals surface area contributed by atoms with Crippen molar-refractivity contribution < 1.29 is 9.34 Å². The molecule has 7 nitrogen and oxygen atoms in total. The van der Waals surface area contributed by atoms with E-state index in [0.717, 1.165) is 17.9 Å². The van der Waals surface area contributed by atoms with Gasteiger partial charge in [-0.25, -0.2) is 0 Å². The SMILES string of the molecule is CCN(Cc1ccc(NN)c([N+](=O)[O-])c1)Cc1ccco1. The Bertz CT molecular complexity index is 598. The molecule has 1 aromatic carbocycles. The molecule has 1 aromatic heterocycles. The Kier molecular flexibility index (Phi) is 4.91. The molecule has 0 bridgehead atoms. The highest BCUT2D eigenvalue weighted by Gasteiger charge is 2.15. The molecule has 0 atom stereocenters. The molecular formula is C14H18N4O3. The lowest BCUT2D eigenvalue weighted by molar-refractivity contribution is -0.384. The van der Waals surface area contributed by atoms with E-state index in [1.165, 1.54) is 0 Å². The van der Waals surface area contributed by atoms with Gasteiger partial charge in [-0.3, -0.25) is 20.9 Å². The van der Waals surface area contributed by atoms with E-state index < -0.39 is 4.92 Å². The molecule has 112 valence electrons. The van der Waals surface area contributed by atoms with Crippen LogP contribution < -0.4 is 11.3 Å². The van der Waals surface area contributed by atoms with Gasteiger partial charge in [0, 0.05) is 12.6 Å². The number of hydrogen-bond donors (Lipinski definition) is 2. The zero-order chi connectivity index (χ0) is 15.2. The fourth-order valence-corrected chi connectivity index (χ4v) is 2.11. The van der Waals surface area contributed by atoms with E-state index in [9.17, 15) is 10.1 Å². The standard InChI is InChI=1S/C14H18N4O3/c1-2-17(10-12-4-3-7-21-12)9-11-5-6-13(16-15)14(8-11)18(19)20/h3-8,16H,2,9-10,15H2,1H3. The predicted octanol–water partition coefficient (Wildman–Crippen LogP) is 2.50. The first-order valence-corrected chi connectivity index (χ1v) is 6.62. The van der Waals surface area contributed by atoms with Crippen LogP contribution in [0.25, 0.3) is 0 Å². The summed E-state index contributed by atoms with van der Waals surface area (Å²) in [6.45, 7) is 4.11. The number of hydrazine groups is 1. The van der Waals surface area contributed by atoms with E-state index in [1.54, 1.807) is 18.4 Å². The lowest BCUT2D eigenvalue weighted by atomic mass is 10.1. The van der Waals surface area contributed by atoms with Gasteiger partial charge in [0.1, 0.15) is 11.4 Å². The quantitative estimate of drug-likeness (QED) is 0.462. The molecule has 0 fully saturated rings. The maximum absolute atomic E-state index is 11.0. The first-order chi connectivity index (χ1) is 10.1. The second-order valence-corrected chi connectivity index (χ2v) is 4.64. The molecule has 7 heteroatoms. The zero-order valence-corrected chi connectivity index (χ0v) is 11.8. The molecule has 0 aliphatic heterocycles. The van der Waals surface area contributed by atoms with Gasteiger partial charge in [-0.2, -0.15) is 0 Å². The van der Waals surface area contributed by atoms with Gasteiger partial charge >= 0.3 is 0 Å². The summed E-state index contributed by atoms with van der Waals surface area (Å²) in [5.74, 6) is 6.15. The first-order valence-electron chi connectivity index (χ1n) is 6.62. The van der Waals surface area contributed by atoms with Gasteiger partial charge in [-0.05, 0) is 30.3 Å². The average molecular weight is 290 g/mol. The number of nitro groups is 1. The molecule has 21 heavy (non-hydrogen) atoms. The largest absolute Gasteiger partial charge is 0.468 e. The number of nitrogens with two attached hydrogens (primary N) is 1. The van der Waals surface area contributed by atoms with E-state index in [0.29, 0.717) is 18.8 Å². The van der Waals surface area contributed by atoms with Crippen LogP contribution in [0, 0.1) is 10.1 Å². The number of benzene rings is 1. The van der Waals surface area contributed by atoms with Crippen LogP contribution in [-0.4, -0.2) is 16.4 Å². The molecule has 0 saturated heterocycles. The Labute approximate surface area is 122 Å². The smallest absolute Gasteiger partial charge is 0.293 e. The number of furan rings is 1. The van der Waals surface area contributed by atoms with E-state index in [2.05, 4.69) is 10.3 Å². The van der Waals surface area contributed by atoms with Crippen molar-refractivity contribution in [1.29, 1.82) is 0 Å². The third-order valence-corrected chi connectivity index (χ3v) is 3.23. The maximum Gasteiger partial charge on any atom is 0.293 e. The predicted molar refractivity (Wildman–Crippen MR) is 79.4 cm³/mol. The molecule has 3 N–H and O–H groups in total. The van der Waals surface area contributed by atoms with Crippen molar-refractivity contribution >= 4 is 11.4 Å². The van der Waals surface area contributed by atoms with E-state index in [1.807, 2.05) is 25.1 Å². The fraction of sp³-hybridized carbons (Fsp3) is 0.286. The van der Waals surface area contributed by atoms with E-state index >= 15 is 0 Å². The van der Waals surface area contributed by atoms with E-state index in [-0.39, 0.29) is 5.69 Å². The summed E-state index contributed by atoms with van der Waals surface area (Å²) in [5, 5.41) is 11.0. The van der Waals surface area contributed by atoms with Crippen molar-refractivity contribution in [2.75, 3.05) is 12.0 Å². The number of hydrogen-bond acceptors (Lipinski definition) is 6. The number of nitro benzene ring substituents is 1. The Morgan fingerprint density at radius 3 is 2.76 bits per heavy atom. The fourth-order valence-electron chi connectivity index (χ4n) is 2.11. The highest BCUT2D eigenvalue weighted by molar-refractivity contribution is 5.61. The van der Waals surface area contributed by atoms with Crippen LogP contribution in [0.15, 0.2) is 41.0 Å². The van der Waals surface area contributed by atoms with Crippen molar-refractivity contribution in [2.24, 2.45) is 5.84 Å². The van der Waals surface area contributed by atoms with Crippen LogP contribution in [0.2, 0.25) is 0 Å². The number of nitrogen functional groups attached to an aromatic ring is 1. The highest BCUT2D eigenvalue weighted by Crippen LogP contribution is 2.25. The third kappa shape index (κ3) is 3.80. The van der Waals surface area contributed by atoms with Gasteiger partial charge in [0.05, 0.1) is 17.7 Å². The number of nitrogens with one attached hydrogen (secondary N) is 1. The van der Waals surface area contributed by atoms with Gasteiger partial charge in [0.15, 0.2) is 0 Å². The summed E-state index contributed by atoms with van der Waals surface area (Å²) in [6.07, 6.45) is 1.63. The maximum atomic E-state index is 11.0. The molecule has 0 aliphatic rings. The van der Waals surface area contributed by atoms with Crippen molar-refractivity contribution in [3.8, 4) is 0 Å².